The molecule has 0 atom stereocenters. The maximum atomic E-state index is 12.6. The predicted octanol–water partition coefficient (Wildman–Crippen LogP) is 4.59. The van der Waals surface area contributed by atoms with Gasteiger partial charge in [-0.3, -0.25) is 4.72 Å². The third kappa shape index (κ3) is 4.68. The molecule has 8 heteroatoms. The Morgan fingerprint density at radius 3 is 2.34 bits per heavy atom. The third-order valence-corrected chi connectivity index (χ3v) is 6.51. The fraction of sp³-hybridized carbons (Fsp3) is 0.238. The molecule has 1 N–H and O–H groups in total. The van der Waals surface area contributed by atoms with Crippen LogP contribution < -0.4 is 9.62 Å². The molecule has 3 aromatic rings. The van der Waals surface area contributed by atoms with Gasteiger partial charge in [0.1, 0.15) is 0 Å². The molecule has 6 nitrogen and oxygen atoms in total. The molecule has 1 aliphatic rings. The molecule has 1 aliphatic heterocycles. The van der Waals surface area contributed by atoms with Crippen LogP contribution in [0.3, 0.4) is 0 Å². The minimum absolute atomic E-state index is 0.151. The second-order valence-electron chi connectivity index (χ2n) is 6.96. The zero-order chi connectivity index (χ0) is 20.3. The molecule has 1 fully saturated rings. The van der Waals surface area contributed by atoms with E-state index in [9.17, 15) is 8.42 Å². The Labute approximate surface area is 175 Å². The van der Waals surface area contributed by atoms with Crippen molar-refractivity contribution in [2.45, 2.75) is 24.2 Å². The first-order chi connectivity index (χ1) is 14.0. The number of hydrogen-bond donors (Lipinski definition) is 1. The summed E-state index contributed by atoms with van der Waals surface area (Å²) in [4.78, 5) is 2.40. The topological polar surface area (TPSA) is 75.2 Å². The molecule has 29 heavy (non-hydrogen) atoms. The van der Waals surface area contributed by atoms with Gasteiger partial charge in [-0.1, -0.05) is 23.7 Å². The average molecular weight is 429 g/mol. The highest BCUT2D eigenvalue weighted by atomic mass is 35.5. The summed E-state index contributed by atoms with van der Waals surface area (Å²) < 4.78 is 27.8. The first kappa shape index (κ1) is 19.7. The lowest BCUT2D eigenvalue weighted by atomic mass is 10.1. The van der Waals surface area contributed by atoms with Gasteiger partial charge in [-0.15, -0.1) is 10.2 Å². The Hall–Kier alpha value is -2.64. The van der Waals surface area contributed by atoms with Crippen molar-refractivity contribution in [3.63, 3.8) is 0 Å². The normalized spacial score (nSPS) is 14.6. The molecule has 0 saturated carbocycles. The monoisotopic (exact) mass is 428 g/mol. The van der Waals surface area contributed by atoms with E-state index < -0.39 is 10.0 Å². The van der Waals surface area contributed by atoms with Crippen molar-refractivity contribution in [1.82, 2.24) is 10.2 Å². The van der Waals surface area contributed by atoms with Crippen molar-refractivity contribution in [3.8, 4) is 11.3 Å². The summed E-state index contributed by atoms with van der Waals surface area (Å²) in [5, 5.41) is 9.19. The number of anilines is 2. The molecule has 4 rings (SSSR count). The summed E-state index contributed by atoms with van der Waals surface area (Å²) in [7, 11) is -3.70. The fourth-order valence-electron chi connectivity index (χ4n) is 3.34. The highest BCUT2D eigenvalue weighted by Gasteiger charge is 2.15. The molecule has 0 bridgehead atoms. The largest absolute Gasteiger partial charge is 0.355 e. The van der Waals surface area contributed by atoms with E-state index in [1.54, 1.807) is 30.3 Å². The van der Waals surface area contributed by atoms with Crippen LogP contribution in [0.4, 0.5) is 11.5 Å². The van der Waals surface area contributed by atoms with E-state index in [1.807, 2.05) is 18.2 Å². The lowest BCUT2D eigenvalue weighted by molar-refractivity contribution is 0.571. The van der Waals surface area contributed by atoms with Gasteiger partial charge in [0, 0.05) is 29.4 Å². The molecule has 1 aromatic heterocycles. The number of nitrogens with zero attached hydrogens (tertiary/aromatic N) is 3. The summed E-state index contributed by atoms with van der Waals surface area (Å²) in [5.74, 6) is 0.882. The standard InChI is InChI=1S/C21H21ClN4O2S/c22-17-7-9-19(10-8-17)29(27,28)25-18-6-4-5-16(15-18)20-11-12-21(24-23-20)26-13-2-1-3-14-26/h4-12,15,25H,1-3,13-14H2. The quantitative estimate of drug-likeness (QED) is 0.643. The van der Waals surface area contributed by atoms with Gasteiger partial charge in [0.05, 0.1) is 10.6 Å². The SMILES string of the molecule is O=S(=O)(Nc1cccc(-c2ccc(N3CCCCC3)nn2)c1)c1ccc(Cl)cc1. The highest BCUT2D eigenvalue weighted by molar-refractivity contribution is 7.92. The number of rotatable bonds is 5. The van der Waals surface area contributed by atoms with E-state index in [4.69, 9.17) is 11.6 Å². The van der Waals surface area contributed by atoms with Crippen LogP contribution in [0.5, 0.6) is 0 Å². The van der Waals surface area contributed by atoms with Crippen molar-refractivity contribution in [3.05, 3.63) is 65.7 Å². The summed E-state index contributed by atoms with van der Waals surface area (Å²) in [6.45, 7) is 2.02. The van der Waals surface area contributed by atoms with E-state index in [-0.39, 0.29) is 4.90 Å². The minimum atomic E-state index is -3.70. The van der Waals surface area contributed by atoms with Gasteiger partial charge in [-0.25, -0.2) is 8.42 Å². The molecule has 0 aliphatic carbocycles. The predicted molar refractivity (Wildman–Crippen MR) is 116 cm³/mol. The molecule has 150 valence electrons. The Morgan fingerprint density at radius 2 is 1.66 bits per heavy atom. The number of benzene rings is 2. The van der Waals surface area contributed by atoms with Gasteiger partial charge in [0.2, 0.25) is 0 Å². The molecule has 1 saturated heterocycles. The fourth-order valence-corrected chi connectivity index (χ4v) is 4.52. The third-order valence-electron chi connectivity index (χ3n) is 4.87. The Kier molecular flexibility index (Phi) is 5.69. The number of hydrogen-bond acceptors (Lipinski definition) is 5. The number of halogens is 1. The Balaban J connectivity index is 1.53. The van der Waals surface area contributed by atoms with E-state index >= 15 is 0 Å². The molecule has 2 aromatic carbocycles. The molecular weight excluding hydrogens is 408 g/mol. The Morgan fingerprint density at radius 1 is 0.897 bits per heavy atom. The van der Waals surface area contributed by atoms with Gasteiger partial charge >= 0.3 is 0 Å². The smallest absolute Gasteiger partial charge is 0.261 e. The summed E-state index contributed by atoms with van der Waals surface area (Å²) in [6.07, 6.45) is 3.62. The number of aromatic nitrogens is 2. The second kappa shape index (κ2) is 8.39. The van der Waals surface area contributed by atoms with Gasteiger partial charge in [-0.2, -0.15) is 0 Å². The number of sulfonamides is 1. The lowest BCUT2D eigenvalue weighted by Crippen LogP contribution is -2.30. The number of nitrogens with one attached hydrogen (secondary N) is 1. The second-order valence-corrected chi connectivity index (χ2v) is 9.08. The van der Waals surface area contributed by atoms with Crippen molar-refractivity contribution in [2.75, 3.05) is 22.7 Å². The lowest BCUT2D eigenvalue weighted by Gasteiger charge is -2.27. The van der Waals surface area contributed by atoms with Gasteiger partial charge < -0.3 is 4.90 Å². The van der Waals surface area contributed by atoms with E-state index in [0.29, 0.717) is 16.4 Å². The maximum absolute atomic E-state index is 12.6. The van der Waals surface area contributed by atoms with Crippen molar-refractivity contribution in [1.29, 1.82) is 0 Å². The van der Waals surface area contributed by atoms with Crippen LogP contribution in [0.1, 0.15) is 19.3 Å². The van der Waals surface area contributed by atoms with Crippen LogP contribution in [0.25, 0.3) is 11.3 Å². The summed E-state index contributed by atoms with van der Waals surface area (Å²) in [6, 6.07) is 17.0. The van der Waals surface area contributed by atoms with Crippen molar-refractivity contribution >= 4 is 33.1 Å². The average Bonchev–Trinajstić information content (AvgIpc) is 2.75. The van der Waals surface area contributed by atoms with Crippen molar-refractivity contribution < 1.29 is 8.42 Å². The summed E-state index contributed by atoms with van der Waals surface area (Å²) in [5.41, 5.74) is 1.94. The van der Waals surface area contributed by atoms with Gasteiger partial charge in [0.15, 0.2) is 5.82 Å². The van der Waals surface area contributed by atoms with Crippen LogP contribution in [0, 0.1) is 0 Å². The van der Waals surface area contributed by atoms with E-state index in [0.717, 1.165) is 24.5 Å². The van der Waals surface area contributed by atoms with Crippen molar-refractivity contribution in [2.24, 2.45) is 0 Å². The van der Waals surface area contributed by atoms with Crippen LogP contribution in [0.15, 0.2) is 65.6 Å². The molecule has 2 heterocycles. The molecule has 0 spiro atoms. The summed E-state index contributed by atoms with van der Waals surface area (Å²) >= 11 is 5.84. The molecule has 0 unspecified atom stereocenters. The minimum Gasteiger partial charge on any atom is -0.355 e. The van der Waals surface area contributed by atoms with Crippen LogP contribution in [0.2, 0.25) is 5.02 Å². The highest BCUT2D eigenvalue weighted by Crippen LogP contribution is 2.25. The molecule has 0 radical (unpaired) electrons. The number of piperidine rings is 1. The zero-order valence-corrected chi connectivity index (χ0v) is 17.3. The van der Waals surface area contributed by atoms with Gasteiger partial charge in [-0.05, 0) is 67.8 Å². The van der Waals surface area contributed by atoms with E-state index in [1.165, 1.54) is 31.4 Å². The maximum Gasteiger partial charge on any atom is 0.261 e. The Bertz CT molecular complexity index is 1080. The first-order valence-corrected chi connectivity index (χ1v) is 11.3. The van der Waals surface area contributed by atoms with E-state index in [2.05, 4.69) is 19.8 Å². The molecular formula is C21H21ClN4O2S. The van der Waals surface area contributed by atoms with Crippen LogP contribution in [-0.2, 0) is 10.0 Å². The zero-order valence-electron chi connectivity index (χ0n) is 15.8. The first-order valence-electron chi connectivity index (χ1n) is 9.49. The molecule has 0 amide bonds. The van der Waals surface area contributed by atoms with Gasteiger partial charge in [0.25, 0.3) is 10.0 Å². The van der Waals surface area contributed by atoms with Crippen LogP contribution in [-0.4, -0.2) is 31.7 Å². The van der Waals surface area contributed by atoms with Crippen LogP contribution >= 0.6 is 11.6 Å².